The maximum atomic E-state index is 5.67. The summed E-state index contributed by atoms with van der Waals surface area (Å²) >= 11 is 0. The monoisotopic (exact) mass is 218 g/mol. The Morgan fingerprint density at radius 3 is 2.75 bits per heavy atom. The third kappa shape index (κ3) is 2.83. The van der Waals surface area contributed by atoms with Gasteiger partial charge >= 0.3 is 0 Å². The van der Waals surface area contributed by atoms with Gasteiger partial charge in [0.05, 0.1) is 0 Å². The predicted octanol–water partition coefficient (Wildman–Crippen LogP) is 2.25. The summed E-state index contributed by atoms with van der Waals surface area (Å²) in [6.07, 6.45) is 2.44. The highest BCUT2D eigenvalue weighted by Gasteiger charge is 2.32. The molecule has 1 unspecified atom stereocenters. The van der Waals surface area contributed by atoms with Crippen LogP contribution in [-0.4, -0.2) is 24.5 Å². The van der Waals surface area contributed by atoms with Gasteiger partial charge in [0.2, 0.25) is 0 Å². The minimum atomic E-state index is 0.448. The van der Waals surface area contributed by atoms with Crippen molar-refractivity contribution in [2.45, 2.75) is 26.3 Å². The minimum Gasteiger partial charge on any atom is -0.330 e. The van der Waals surface area contributed by atoms with Crippen LogP contribution in [-0.2, 0) is 6.54 Å². The first-order valence-electron chi connectivity index (χ1n) is 6.18. The van der Waals surface area contributed by atoms with Crippen molar-refractivity contribution < 1.29 is 0 Å². The van der Waals surface area contributed by atoms with E-state index in [1.54, 1.807) is 0 Å². The molecular weight excluding hydrogens is 196 g/mol. The van der Waals surface area contributed by atoms with E-state index in [9.17, 15) is 0 Å². The lowest BCUT2D eigenvalue weighted by Crippen LogP contribution is -2.26. The second-order valence-electron chi connectivity index (χ2n) is 5.30. The lowest BCUT2D eigenvalue weighted by atomic mass is 9.86. The van der Waals surface area contributed by atoms with Crippen molar-refractivity contribution in [1.29, 1.82) is 0 Å². The molecule has 88 valence electrons. The largest absolute Gasteiger partial charge is 0.330 e. The second-order valence-corrected chi connectivity index (χ2v) is 5.30. The van der Waals surface area contributed by atoms with E-state index >= 15 is 0 Å². The molecule has 1 atom stereocenters. The summed E-state index contributed by atoms with van der Waals surface area (Å²) in [5.74, 6) is 0. The number of benzene rings is 1. The zero-order valence-electron chi connectivity index (χ0n) is 10.2. The fourth-order valence-electron chi connectivity index (χ4n) is 2.66. The minimum absolute atomic E-state index is 0.448. The molecule has 0 radical (unpaired) electrons. The van der Waals surface area contributed by atoms with E-state index in [0.717, 1.165) is 19.5 Å². The second kappa shape index (κ2) is 4.98. The molecule has 0 amide bonds. The highest BCUT2D eigenvalue weighted by molar-refractivity contribution is 5.14. The molecule has 1 aromatic carbocycles. The van der Waals surface area contributed by atoms with Gasteiger partial charge in [0, 0.05) is 13.1 Å². The summed E-state index contributed by atoms with van der Waals surface area (Å²) in [6.45, 7) is 6.67. The lowest BCUT2D eigenvalue weighted by Gasteiger charge is -2.24. The third-order valence-corrected chi connectivity index (χ3v) is 3.63. The van der Waals surface area contributed by atoms with Gasteiger partial charge in [0.25, 0.3) is 0 Å². The zero-order chi connectivity index (χ0) is 11.4. The lowest BCUT2D eigenvalue weighted by molar-refractivity contribution is 0.259. The van der Waals surface area contributed by atoms with Crippen LogP contribution in [0.25, 0.3) is 0 Å². The average molecular weight is 218 g/mol. The van der Waals surface area contributed by atoms with E-state index in [1.165, 1.54) is 25.1 Å². The van der Waals surface area contributed by atoms with Gasteiger partial charge in [0.1, 0.15) is 0 Å². The van der Waals surface area contributed by atoms with Crippen LogP contribution in [0.1, 0.15) is 25.3 Å². The summed E-state index contributed by atoms with van der Waals surface area (Å²) in [4.78, 5) is 2.55. The topological polar surface area (TPSA) is 29.3 Å². The molecule has 0 aliphatic carbocycles. The highest BCUT2D eigenvalue weighted by atomic mass is 15.2. The molecule has 1 aliphatic heterocycles. The summed E-state index contributed by atoms with van der Waals surface area (Å²) in [7, 11) is 0. The first kappa shape index (κ1) is 11.6. The average Bonchev–Trinajstić information content (AvgIpc) is 2.62. The van der Waals surface area contributed by atoms with E-state index < -0.39 is 0 Å². The molecule has 0 bridgehead atoms. The molecule has 2 rings (SSSR count). The predicted molar refractivity (Wildman–Crippen MR) is 68.1 cm³/mol. The number of hydrogen-bond donors (Lipinski definition) is 1. The summed E-state index contributed by atoms with van der Waals surface area (Å²) in [5, 5.41) is 0. The van der Waals surface area contributed by atoms with Crippen LogP contribution in [0, 0.1) is 5.41 Å². The van der Waals surface area contributed by atoms with E-state index in [0.29, 0.717) is 5.41 Å². The van der Waals surface area contributed by atoms with Crippen LogP contribution in [0.5, 0.6) is 0 Å². The maximum Gasteiger partial charge on any atom is 0.0233 e. The van der Waals surface area contributed by atoms with Crippen LogP contribution >= 0.6 is 0 Å². The number of hydrogen-bond acceptors (Lipinski definition) is 2. The molecule has 1 saturated heterocycles. The molecular formula is C14H22N2. The quantitative estimate of drug-likeness (QED) is 0.840. The van der Waals surface area contributed by atoms with Crippen LogP contribution in [0.4, 0.5) is 0 Å². The Bertz CT molecular complexity index is 323. The molecule has 2 nitrogen and oxygen atoms in total. The van der Waals surface area contributed by atoms with Crippen molar-refractivity contribution in [3.63, 3.8) is 0 Å². The summed E-state index contributed by atoms with van der Waals surface area (Å²) in [6, 6.07) is 10.7. The fraction of sp³-hybridized carbons (Fsp3) is 0.571. The Kier molecular flexibility index (Phi) is 3.62. The Morgan fingerprint density at radius 2 is 2.06 bits per heavy atom. The van der Waals surface area contributed by atoms with Crippen LogP contribution in [0.15, 0.2) is 30.3 Å². The van der Waals surface area contributed by atoms with Gasteiger partial charge in [-0.3, -0.25) is 4.90 Å². The number of likely N-dealkylation sites (tertiary alicyclic amines) is 1. The molecule has 0 saturated carbocycles. The Hall–Kier alpha value is -0.860. The Morgan fingerprint density at radius 1 is 1.31 bits per heavy atom. The molecule has 2 N–H and O–H groups in total. The third-order valence-electron chi connectivity index (χ3n) is 3.63. The van der Waals surface area contributed by atoms with Crippen LogP contribution in [0.3, 0.4) is 0 Å². The van der Waals surface area contributed by atoms with Gasteiger partial charge in [-0.1, -0.05) is 37.3 Å². The van der Waals surface area contributed by atoms with Gasteiger partial charge in [-0.2, -0.15) is 0 Å². The molecule has 2 heteroatoms. The van der Waals surface area contributed by atoms with Crippen molar-refractivity contribution in [1.82, 2.24) is 4.90 Å². The van der Waals surface area contributed by atoms with Gasteiger partial charge < -0.3 is 5.73 Å². The SMILES string of the molecule is CC1(CCN)CCN(Cc2ccccc2)C1. The van der Waals surface area contributed by atoms with Crippen LogP contribution < -0.4 is 5.73 Å². The summed E-state index contributed by atoms with van der Waals surface area (Å²) in [5.41, 5.74) is 7.54. The van der Waals surface area contributed by atoms with E-state index in [2.05, 4.69) is 42.2 Å². The fourth-order valence-corrected chi connectivity index (χ4v) is 2.66. The maximum absolute atomic E-state index is 5.67. The first-order chi connectivity index (χ1) is 7.72. The van der Waals surface area contributed by atoms with Gasteiger partial charge in [0.15, 0.2) is 0 Å². The molecule has 1 fully saturated rings. The number of nitrogens with zero attached hydrogens (tertiary/aromatic N) is 1. The van der Waals surface area contributed by atoms with Crippen molar-refractivity contribution >= 4 is 0 Å². The normalized spacial score (nSPS) is 26.1. The van der Waals surface area contributed by atoms with Crippen LogP contribution in [0.2, 0.25) is 0 Å². The zero-order valence-corrected chi connectivity index (χ0v) is 10.2. The summed E-state index contributed by atoms with van der Waals surface area (Å²) < 4.78 is 0. The molecule has 1 aliphatic rings. The first-order valence-corrected chi connectivity index (χ1v) is 6.18. The number of rotatable bonds is 4. The van der Waals surface area contributed by atoms with Crippen molar-refractivity contribution in [2.24, 2.45) is 11.1 Å². The Labute approximate surface area is 98.4 Å². The highest BCUT2D eigenvalue weighted by Crippen LogP contribution is 2.33. The van der Waals surface area contributed by atoms with E-state index in [4.69, 9.17) is 5.73 Å². The van der Waals surface area contributed by atoms with Crippen molar-refractivity contribution in [2.75, 3.05) is 19.6 Å². The number of nitrogens with two attached hydrogens (primary N) is 1. The van der Waals surface area contributed by atoms with Gasteiger partial charge in [-0.25, -0.2) is 0 Å². The van der Waals surface area contributed by atoms with Crippen molar-refractivity contribution in [3.8, 4) is 0 Å². The van der Waals surface area contributed by atoms with Gasteiger partial charge in [-0.15, -0.1) is 0 Å². The Balaban J connectivity index is 1.90. The van der Waals surface area contributed by atoms with Crippen molar-refractivity contribution in [3.05, 3.63) is 35.9 Å². The smallest absolute Gasteiger partial charge is 0.0233 e. The molecule has 1 aromatic rings. The van der Waals surface area contributed by atoms with Gasteiger partial charge in [-0.05, 0) is 36.9 Å². The molecule has 0 spiro atoms. The molecule has 16 heavy (non-hydrogen) atoms. The van der Waals surface area contributed by atoms with E-state index in [1.807, 2.05) is 0 Å². The molecule has 0 aromatic heterocycles. The molecule has 1 heterocycles. The standard InChI is InChI=1S/C14H22N2/c1-14(7-9-15)8-10-16(12-14)11-13-5-3-2-4-6-13/h2-6H,7-12,15H2,1H3. The van der Waals surface area contributed by atoms with E-state index in [-0.39, 0.29) is 0 Å².